The van der Waals surface area contributed by atoms with E-state index in [9.17, 15) is 0 Å². The Bertz CT molecular complexity index is 562. The molecular formula is C19H27Br2N3. The lowest BCUT2D eigenvalue weighted by atomic mass is 9.95. The van der Waals surface area contributed by atoms with Crippen LogP contribution in [0.3, 0.4) is 0 Å². The van der Waals surface area contributed by atoms with Crippen molar-refractivity contribution in [1.82, 2.24) is 5.32 Å². The molecule has 0 aliphatic heterocycles. The zero-order valence-electron chi connectivity index (χ0n) is 14.2. The Morgan fingerprint density at radius 3 is 2.29 bits per heavy atom. The zero-order chi connectivity index (χ0) is 16.8. The average Bonchev–Trinajstić information content (AvgIpc) is 2.60. The molecule has 0 spiro atoms. The third-order valence-corrected chi connectivity index (χ3v) is 6.20. The maximum atomic E-state index is 5.05. The minimum absolute atomic E-state index is 0.461. The van der Waals surface area contributed by atoms with Crippen molar-refractivity contribution in [3.8, 4) is 0 Å². The maximum Gasteiger partial charge on any atom is 0.196 e. The molecule has 0 aromatic heterocycles. The Labute approximate surface area is 162 Å². The normalized spacial score (nSPS) is 20.8. The topological polar surface area (TPSA) is 36.4 Å². The van der Waals surface area contributed by atoms with Crippen molar-refractivity contribution in [2.75, 3.05) is 5.32 Å². The van der Waals surface area contributed by atoms with Gasteiger partial charge in [0.15, 0.2) is 5.96 Å². The number of guanidine groups is 1. The second kappa shape index (κ2) is 9.23. The van der Waals surface area contributed by atoms with Crippen molar-refractivity contribution in [3.05, 3.63) is 27.1 Å². The largest absolute Gasteiger partial charge is 0.353 e. The van der Waals surface area contributed by atoms with Crippen LogP contribution in [-0.4, -0.2) is 18.0 Å². The van der Waals surface area contributed by atoms with Gasteiger partial charge in [0.1, 0.15) is 0 Å². The monoisotopic (exact) mass is 455 g/mol. The molecule has 132 valence electrons. The summed E-state index contributed by atoms with van der Waals surface area (Å²) in [7, 11) is 0. The van der Waals surface area contributed by atoms with Crippen LogP contribution >= 0.6 is 31.9 Å². The van der Waals surface area contributed by atoms with E-state index in [1.165, 1.54) is 64.2 Å². The Balaban J connectivity index is 1.74. The Kier molecular flexibility index (Phi) is 7.02. The Morgan fingerprint density at radius 2 is 1.58 bits per heavy atom. The molecule has 0 saturated heterocycles. The number of anilines is 1. The van der Waals surface area contributed by atoms with Gasteiger partial charge in [0.2, 0.25) is 0 Å². The minimum atomic E-state index is 0.461. The van der Waals surface area contributed by atoms with Gasteiger partial charge in [-0.2, -0.15) is 0 Å². The molecule has 1 aromatic rings. The number of halogens is 2. The van der Waals surface area contributed by atoms with E-state index in [-0.39, 0.29) is 0 Å². The van der Waals surface area contributed by atoms with Crippen molar-refractivity contribution in [2.24, 2.45) is 4.99 Å². The SMILES string of the molecule is Brc1ccc(Br)c(NC(=NC2CCCCC2)NC2CCCCC2)c1. The molecule has 0 bridgehead atoms. The van der Waals surface area contributed by atoms with Gasteiger partial charge in [-0.3, -0.25) is 0 Å². The summed E-state index contributed by atoms with van der Waals surface area (Å²) in [6.45, 7) is 0. The van der Waals surface area contributed by atoms with Gasteiger partial charge < -0.3 is 10.6 Å². The van der Waals surface area contributed by atoms with Crippen LogP contribution in [-0.2, 0) is 0 Å². The van der Waals surface area contributed by atoms with Crippen LogP contribution in [0.15, 0.2) is 32.1 Å². The second-order valence-corrected chi connectivity index (χ2v) is 8.77. The molecule has 2 fully saturated rings. The van der Waals surface area contributed by atoms with Crippen LogP contribution in [0, 0.1) is 0 Å². The van der Waals surface area contributed by atoms with E-state index in [0.717, 1.165) is 20.6 Å². The second-order valence-electron chi connectivity index (χ2n) is 7.00. The molecule has 5 heteroatoms. The molecule has 0 amide bonds. The van der Waals surface area contributed by atoms with E-state index in [2.05, 4.69) is 54.6 Å². The number of benzene rings is 1. The molecule has 0 atom stereocenters. The summed E-state index contributed by atoms with van der Waals surface area (Å²) in [5, 5.41) is 7.25. The highest BCUT2D eigenvalue weighted by molar-refractivity contribution is 9.11. The molecule has 0 heterocycles. The highest BCUT2D eigenvalue weighted by Crippen LogP contribution is 2.27. The Morgan fingerprint density at radius 1 is 0.917 bits per heavy atom. The number of aliphatic imine (C=N–C) groups is 1. The molecule has 0 radical (unpaired) electrons. The molecule has 3 nitrogen and oxygen atoms in total. The van der Waals surface area contributed by atoms with Gasteiger partial charge in [-0.05, 0) is 59.8 Å². The fourth-order valence-corrected chi connectivity index (χ4v) is 4.37. The average molecular weight is 457 g/mol. The summed E-state index contributed by atoms with van der Waals surface area (Å²) in [6, 6.07) is 7.22. The smallest absolute Gasteiger partial charge is 0.196 e. The lowest BCUT2D eigenvalue weighted by Gasteiger charge is -2.27. The van der Waals surface area contributed by atoms with E-state index in [4.69, 9.17) is 4.99 Å². The molecule has 3 rings (SSSR count). The van der Waals surface area contributed by atoms with Crippen LogP contribution in [0.25, 0.3) is 0 Å². The van der Waals surface area contributed by atoms with Crippen LogP contribution in [0.4, 0.5) is 5.69 Å². The quantitative estimate of drug-likeness (QED) is 0.417. The first-order valence-corrected chi connectivity index (χ1v) is 10.9. The molecule has 24 heavy (non-hydrogen) atoms. The van der Waals surface area contributed by atoms with Crippen LogP contribution < -0.4 is 10.6 Å². The minimum Gasteiger partial charge on any atom is -0.353 e. The lowest BCUT2D eigenvalue weighted by Crippen LogP contribution is -2.41. The molecule has 0 unspecified atom stereocenters. The van der Waals surface area contributed by atoms with Gasteiger partial charge in [-0.25, -0.2) is 4.99 Å². The number of rotatable bonds is 3. The summed E-state index contributed by atoms with van der Waals surface area (Å²) < 4.78 is 2.13. The number of nitrogens with zero attached hydrogens (tertiary/aromatic N) is 1. The summed E-state index contributed by atoms with van der Waals surface area (Å²) in [6.07, 6.45) is 13.0. The van der Waals surface area contributed by atoms with E-state index in [1.54, 1.807) is 0 Å². The van der Waals surface area contributed by atoms with Crippen molar-refractivity contribution < 1.29 is 0 Å². The van der Waals surface area contributed by atoms with Crippen LogP contribution in [0.5, 0.6) is 0 Å². The third-order valence-electron chi connectivity index (χ3n) is 5.01. The van der Waals surface area contributed by atoms with Crippen molar-refractivity contribution in [2.45, 2.75) is 76.3 Å². The van der Waals surface area contributed by atoms with E-state index < -0.39 is 0 Å². The summed E-state index contributed by atoms with van der Waals surface area (Å²) in [4.78, 5) is 5.05. The third kappa shape index (κ3) is 5.48. The van der Waals surface area contributed by atoms with Gasteiger partial charge >= 0.3 is 0 Å². The van der Waals surface area contributed by atoms with E-state index >= 15 is 0 Å². The molecule has 2 saturated carbocycles. The number of hydrogen-bond acceptors (Lipinski definition) is 1. The summed E-state index contributed by atoms with van der Waals surface area (Å²) >= 11 is 7.21. The first-order chi connectivity index (χ1) is 11.7. The van der Waals surface area contributed by atoms with Gasteiger partial charge in [-0.1, -0.05) is 54.5 Å². The Hall–Kier alpha value is -0.550. The number of nitrogens with one attached hydrogen (secondary N) is 2. The lowest BCUT2D eigenvalue weighted by molar-refractivity contribution is 0.408. The van der Waals surface area contributed by atoms with Crippen LogP contribution in [0.2, 0.25) is 0 Å². The van der Waals surface area contributed by atoms with Crippen LogP contribution in [0.1, 0.15) is 64.2 Å². The standard InChI is InChI=1S/C19H27Br2N3/c20-14-11-12-17(21)18(13-14)24-19(22-15-7-3-1-4-8-15)23-16-9-5-2-6-10-16/h11-13,15-16H,1-10H2,(H2,22,23,24). The predicted molar refractivity (Wildman–Crippen MR) is 110 cm³/mol. The van der Waals surface area contributed by atoms with Gasteiger partial charge in [-0.15, -0.1) is 0 Å². The first-order valence-electron chi connectivity index (χ1n) is 9.27. The van der Waals surface area contributed by atoms with E-state index in [1.807, 2.05) is 6.07 Å². The van der Waals surface area contributed by atoms with Gasteiger partial charge in [0, 0.05) is 15.0 Å². The van der Waals surface area contributed by atoms with Gasteiger partial charge in [0.25, 0.3) is 0 Å². The maximum absolute atomic E-state index is 5.05. The molecular weight excluding hydrogens is 430 g/mol. The van der Waals surface area contributed by atoms with E-state index in [0.29, 0.717) is 12.1 Å². The zero-order valence-corrected chi connectivity index (χ0v) is 17.3. The first kappa shape index (κ1) is 18.2. The van der Waals surface area contributed by atoms with Crippen molar-refractivity contribution in [3.63, 3.8) is 0 Å². The van der Waals surface area contributed by atoms with Crippen molar-refractivity contribution in [1.29, 1.82) is 0 Å². The fourth-order valence-electron chi connectivity index (χ4n) is 3.66. The predicted octanol–water partition coefficient (Wildman–Crippen LogP) is 6.23. The highest BCUT2D eigenvalue weighted by Gasteiger charge is 2.18. The molecule has 1 aromatic carbocycles. The van der Waals surface area contributed by atoms with Crippen molar-refractivity contribution >= 4 is 43.5 Å². The molecule has 2 aliphatic rings. The molecule has 2 N–H and O–H groups in total. The highest BCUT2D eigenvalue weighted by atomic mass is 79.9. The van der Waals surface area contributed by atoms with Gasteiger partial charge in [0.05, 0.1) is 11.7 Å². The summed E-state index contributed by atoms with van der Waals surface area (Å²) in [5.41, 5.74) is 1.06. The fraction of sp³-hybridized carbons (Fsp3) is 0.632. The number of hydrogen-bond donors (Lipinski definition) is 2. The molecule has 2 aliphatic carbocycles. The summed E-state index contributed by atoms with van der Waals surface area (Å²) in [5.74, 6) is 0.951.